The van der Waals surface area contributed by atoms with E-state index < -0.39 is 0 Å². The summed E-state index contributed by atoms with van der Waals surface area (Å²) in [5.74, 6) is 0.731. The Hall–Kier alpha value is -0.770. The summed E-state index contributed by atoms with van der Waals surface area (Å²) >= 11 is 1.49. The minimum atomic E-state index is 0.731. The van der Waals surface area contributed by atoms with Crippen LogP contribution in [-0.4, -0.2) is 11.5 Å². The number of nitrogens with zero attached hydrogens (tertiary/aromatic N) is 1. The van der Waals surface area contributed by atoms with Gasteiger partial charge in [0, 0.05) is 6.54 Å². The third-order valence-electron chi connectivity index (χ3n) is 1.52. The molecule has 0 saturated heterocycles. The van der Waals surface area contributed by atoms with Crippen molar-refractivity contribution in [3.8, 4) is 0 Å². The summed E-state index contributed by atoms with van der Waals surface area (Å²) in [6.45, 7) is 5.39. The van der Waals surface area contributed by atoms with Crippen molar-refractivity contribution in [2.45, 2.75) is 20.3 Å². The predicted molar refractivity (Wildman–Crippen MR) is 54.5 cm³/mol. The zero-order valence-corrected chi connectivity index (χ0v) is 8.32. The van der Waals surface area contributed by atoms with Crippen molar-refractivity contribution in [3.05, 3.63) is 6.20 Å². The quantitative estimate of drug-likeness (QED) is 0.756. The van der Waals surface area contributed by atoms with Gasteiger partial charge in [0.1, 0.15) is 5.00 Å². The van der Waals surface area contributed by atoms with E-state index in [2.05, 4.69) is 24.1 Å². The number of hydrogen-bond acceptors (Lipinski definition) is 4. The molecule has 3 N–H and O–H groups in total. The number of aromatic nitrogens is 1. The lowest BCUT2D eigenvalue weighted by molar-refractivity contribution is 0.607. The lowest BCUT2D eigenvalue weighted by Gasteiger charge is -2.04. The first kappa shape index (κ1) is 9.32. The van der Waals surface area contributed by atoms with Crippen LogP contribution in [0, 0.1) is 5.92 Å². The fourth-order valence-electron chi connectivity index (χ4n) is 0.836. The number of rotatable bonds is 4. The van der Waals surface area contributed by atoms with Crippen LogP contribution >= 0.6 is 11.3 Å². The minimum absolute atomic E-state index is 0.731. The maximum Gasteiger partial charge on any atom is 0.184 e. The van der Waals surface area contributed by atoms with Gasteiger partial charge in [-0.25, -0.2) is 4.98 Å². The standard InChI is InChI=1S/C8H15N3S/c1-6(2)3-4-10-8-11-5-7(9)12-8/h5-6H,3-4,9H2,1-2H3,(H,10,11). The van der Waals surface area contributed by atoms with Gasteiger partial charge in [-0.1, -0.05) is 25.2 Å². The summed E-state index contributed by atoms with van der Waals surface area (Å²) in [4.78, 5) is 4.10. The molecule has 1 heterocycles. The van der Waals surface area contributed by atoms with Crippen LogP contribution in [0.5, 0.6) is 0 Å². The third kappa shape index (κ3) is 3.09. The number of thiazole rings is 1. The van der Waals surface area contributed by atoms with Gasteiger partial charge in [-0.2, -0.15) is 0 Å². The summed E-state index contributed by atoms with van der Waals surface area (Å²) in [7, 11) is 0. The van der Waals surface area contributed by atoms with E-state index in [1.807, 2.05) is 0 Å². The van der Waals surface area contributed by atoms with Gasteiger partial charge in [-0.05, 0) is 12.3 Å². The maximum atomic E-state index is 5.53. The van der Waals surface area contributed by atoms with Crippen LogP contribution in [-0.2, 0) is 0 Å². The molecule has 0 aromatic carbocycles. The highest BCUT2D eigenvalue weighted by Crippen LogP contribution is 2.19. The molecule has 0 unspecified atom stereocenters. The summed E-state index contributed by atoms with van der Waals surface area (Å²) in [5, 5.41) is 4.91. The highest BCUT2D eigenvalue weighted by molar-refractivity contribution is 7.19. The first-order valence-corrected chi connectivity index (χ1v) is 4.95. The van der Waals surface area contributed by atoms with Gasteiger partial charge < -0.3 is 11.1 Å². The van der Waals surface area contributed by atoms with Crippen molar-refractivity contribution in [2.24, 2.45) is 5.92 Å². The monoisotopic (exact) mass is 185 g/mol. The second-order valence-corrected chi connectivity index (χ2v) is 4.24. The van der Waals surface area contributed by atoms with Crippen LogP contribution in [0.1, 0.15) is 20.3 Å². The number of hydrogen-bond donors (Lipinski definition) is 2. The molecule has 0 radical (unpaired) electrons. The van der Waals surface area contributed by atoms with E-state index in [4.69, 9.17) is 5.73 Å². The first-order valence-electron chi connectivity index (χ1n) is 4.13. The van der Waals surface area contributed by atoms with Crippen LogP contribution < -0.4 is 11.1 Å². The van der Waals surface area contributed by atoms with E-state index in [-0.39, 0.29) is 0 Å². The normalized spacial score (nSPS) is 10.6. The Morgan fingerprint density at radius 3 is 2.92 bits per heavy atom. The largest absolute Gasteiger partial charge is 0.389 e. The lowest BCUT2D eigenvalue weighted by atomic mass is 10.1. The molecule has 0 bridgehead atoms. The molecule has 0 aliphatic rings. The Labute approximate surface area is 77.0 Å². The van der Waals surface area contributed by atoms with Gasteiger partial charge in [0.05, 0.1) is 6.20 Å². The lowest BCUT2D eigenvalue weighted by Crippen LogP contribution is -2.03. The molecule has 1 aromatic heterocycles. The molecular formula is C8H15N3S. The van der Waals surface area contributed by atoms with E-state index in [1.165, 1.54) is 17.8 Å². The van der Waals surface area contributed by atoms with E-state index in [1.54, 1.807) is 6.20 Å². The van der Waals surface area contributed by atoms with Crippen molar-refractivity contribution in [1.29, 1.82) is 0 Å². The number of nitrogens with one attached hydrogen (secondary N) is 1. The summed E-state index contributed by atoms with van der Waals surface area (Å²) < 4.78 is 0. The van der Waals surface area contributed by atoms with Crippen LogP contribution in [0.3, 0.4) is 0 Å². The second kappa shape index (κ2) is 4.30. The molecular weight excluding hydrogens is 170 g/mol. The first-order chi connectivity index (χ1) is 5.68. The van der Waals surface area contributed by atoms with Gasteiger partial charge in [-0.3, -0.25) is 0 Å². The fourth-order valence-corrected chi connectivity index (χ4v) is 1.44. The average Bonchev–Trinajstić information content (AvgIpc) is 2.35. The molecule has 0 aliphatic carbocycles. The van der Waals surface area contributed by atoms with Gasteiger partial charge in [0.2, 0.25) is 0 Å². The smallest absolute Gasteiger partial charge is 0.184 e. The fraction of sp³-hybridized carbons (Fsp3) is 0.625. The molecule has 3 nitrogen and oxygen atoms in total. The van der Waals surface area contributed by atoms with Gasteiger partial charge in [0.25, 0.3) is 0 Å². The van der Waals surface area contributed by atoms with Crippen LogP contribution in [0.15, 0.2) is 6.20 Å². The van der Waals surface area contributed by atoms with E-state index in [0.29, 0.717) is 0 Å². The zero-order valence-electron chi connectivity index (χ0n) is 7.50. The molecule has 68 valence electrons. The Balaban J connectivity index is 2.24. The van der Waals surface area contributed by atoms with E-state index in [0.717, 1.165) is 22.6 Å². The minimum Gasteiger partial charge on any atom is -0.389 e. The van der Waals surface area contributed by atoms with Gasteiger partial charge in [0.15, 0.2) is 5.13 Å². The Kier molecular flexibility index (Phi) is 3.34. The Bertz CT molecular complexity index is 232. The van der Waals surface area contributed by atoms with Crippen molar-refractivity contribution in [2.75, 3.05) is 17.6 Å². The van der Waals surface area contributed by atoms with Crippen LogP contribution in [0.2, 0.25) is 0 Å². The molecule has 0 spiro atoms. The number of anilines is 2. The van der Waals surface area contributed by atoms with Crippen molar-refractivity contribution >= 4 is 21.5 Å². The summed E-state index contributed by atoms with van der Waals surface area (Å²) in [5.41, 5.74) is 5.53. The summed E-state index contributed by atoms with van der Waals surface area (Å²) in [6.07, 6.45) is 2.85. The molecule has 12 heavy (non-hydrogen) atoms. The van der Waals surface area contributed by atoms with Crippen molar-refractivity contribution in [3.63, 3.8) is 0 Å². The van der Waals surface area contributed by atoms with Crippen LogP contribution in [0.4, 0.5) is 10.1 Å². The maximum absolute atomic E-state index is 5.53. The van der Waals surface area contributed by atoms with Crippen LogP contribution in [0.25, 0.3) is 0 Å². The van der Waals surface area contributed by atoms with Gasteiger partial charge in [-0.15, -0.1) is 0 Å². The molecule has 1 rings (SSSR count). The SMILES string of the molecule is CC(C)CCNc1ncc(N)s1. The van der Waals surface area contributed by atoms with E-state index >= 15 is 0 Å². The molecule has 0 saturated carbocycles. The van der Waals surface area contributed by atoms with Crippen molar-refractivity contribution in [1.82, 2.24) is 4.98 Å². The highest BCUT2D eigenvalue weighted by Gasteiger charge is 1.98. The molecule has 1 aromatic rings. The predicted octanol–water partition coefficient (Wildman–Crippen LogP) is 2.18. The van der Waals surface area contributed by atoms with Gasteiger partial charge >= 0.3 is 0 Å². The summed E-state index contributed by atoms with van der Waals surface area (Å²) in [6, 6.07) is 0. The second-order valence-electron chi connectivity index (χ2n) is 3.18. The average molecular weight is 185 g/mol. The zero-order chi connectivity index (χ0) is 8.97. The Morgan fingerprint density at radius 2 is 2.42 bits per heavy atom. The number of nitrogen functional groups attached to an aromatic ring is 1. The van der Waals surface area contributed by atoms with Crippen molar-refractivity contribution < 1.29 is 0 Å². The molecule has 0 fully saturated rings. The van der Waals surface area contributed by atoms with E-state index in [9.17, 15) is 0 Å². The Morgan fingerprint density at radius 1 is 1.67 bits per heavy atom. The molecule has 4 heteroatoms. The molecule has 0 aliphatic heterocycles. The molecule has 0 atom stereocenters. The molecule has 0 amide bonds. The highest BCUT2D eigenvalue weighted by atomic mass is 32.1. The topological polar surface area (TPSA) is 50.9 Å². The number of nitrogens with two attached hydrogens (primary N) is 1. The third-order valence-corrected chi connectivity index (χ3v) is 2.31.